The van der Waals surface area contributed by atoms with Gasteiger partial charge in [0, 0.05) is 18.9 Å². The number of aryl methyl sites for hydroxylation is 1. The number of para-hydroxylation sites is 1. The fourth-order valence-electron chi connectivity index (χ4n) is 3.17. The Morgan fingerprint density at radius 2 is 1.88 bits per heavy atom. The lowest BCUT2D eigenvalue weighted by molar-refractivity contribution is 0.120. The minimum Gasteiger partial charge on any atom is -0.506 e. The molecule has 1 aromatic heterocycles. The Morgan fingerprint density at radius 1 is 1.15 bits per heavy atom. The van der Waals surface area contributed by atoms with Crippen LogP contribution in [0.25, 0.3) is 17.0 Å². The maximum Gasteiger partial charge on any atom is 0.263 e. The molecule has 1 aliphatic heterocycles. The number of benzene rings is 2. The molecule has 1 N–H and O–H groups in total. The molecule has 5 nitrogen and oxygen atoms in total. The first kappa shape index (κ1) is 16.1. The molecule has 0 spiro atoms. The molecule has 4 rings (SSSR count). The zero-order valence-electron chi connectivity index (χ0n) is 14.3. The van der Waals surface area contributed by atoms with Crippen LogP contribution in [0.4, 0.5) is 0 Å². The Labute approximate surface area is 150 Å². The molecule has 130 valence electrons. The maximum absolute atomic E-state index is 12.7. The highest BCUT2D eigenvalue weighted by Crippen LogP contribution is 2.29. The second-order valence-electron chi connectivity index (χ2n) is 6.26. The predicted octanol–water partition coefficient (Wildman–Crippen LogP) is 3.45. The van der Waals surface area contributed by atoms with Gasteiger partial charge in [0.15, 0.2) is 6.10 Å². The summed E-state index contributed by atoms with van der Waals surface area (Å²) in [4.78, 5) is 18.2. The number of rotatable bonds is 3. The van der Waals surface area contributed by atoms with Crippen LogP contribution in [-0.4, -0.2) is 21.5 Å². The third-order valence-corrected chi connectivity index (χ3v) is 4.56. The second-order valence-corrected chi connectivity index (χ2v) is 6.26. The van der Waals surface area contributed by atoms with E-state index >= 15 is 0 Å². The first-order valence-corrected chi connectivity index (χ1v) is 8.42. The zero-order valence-corrected chi connectivity index (χ0v) is 14.3. The first-order valence-electron chi connectivity index (χ1n) is 8.42. The van der Waals surface area contributed by atoms with Gasteiger partial charge in [0.25, 0.3) is 5.56 Å². The molecule has 0 saturated heterocycles. The first-order chi connectivity index (χ1) is 12.6. The molecule has 1 aliphatic rings. The van der Waals surface area contributed by atoms with Gasteiger partial charge in [0.05, 0.1) is 5.52 Å². The van der Waals surface area contributed by atoms with E-state index in [1.807, 2.05) is 54.6 Å². The van der Waals surface area contributed by atoms with Crippen molar-refractivity contribution in [3.8, 4) is 5.75 Å². The van der Waals surface area contributed by atoms with Gasteiger partial charge >= 0.3 is 0 Å². The molecule has 5 heteroatoms. The molecular weight excluding hydrogens is 328 g/mol. The summed E-state index contributed by atoms with van der Waals surface area (Å²) in [6, 6.07) is 17.1. The third-order valence-electron chi connectivity index (χ3n) is 4.56. The highest BCUT2D eigenvalue weighted by molar-refractivity contribution is 6.07. The van der Waals surface area contributed by atoms with Crippen molar-refractivity contribution in [3.63, 3.8) is 0 Å². The highest BCUT2D eigenvalue weighted by Gasteiger charge is 2.26. The number of nitrogens with zero attached hydrogens (tertiary/aromatic N) is 2. The minimum atomic E-state index is -0.281. The van der Waals surface area contributed by atoms with Crippen LogP contribution in [0.5, 0.6) is 5.75 Å². The third kappa shape index (κ3) is 2.77. The van der Waals surface area contributed by atoms with E-state index in [1.165, 1.54) is 4.57 Å². The number of aromatic hydroxyl groups is 1. The smallest absolute Gasteiger partial charge is 0.263 e. The Hall–Kier alpha value is -3.34. The number of pyridine rings is 1. The van der Waals surface area contributed by atoms with E-state index in [1.54, 1.807) is 19.2 Å². The lowest BCUT2D eigenvalue weighted by Crippen LogP contribution is -2.25. The predicted molar refractivity (Wildman–Crippen MR) is 102 cm³/mol. The molecule has 0 saturated carbocycles. The normalized spacial score (nSPS) is 16.8. The molecule has 0 unspecified atom stereocenters. The van der Waals surface area contributed by atoms with E-state index in [2.05, 4.69) is 5.16 Å². The summed E-state index contributed by atoms with van der Waals surface area (Å²) in [6.45, 7) is 0. The van der Waals surface area contributed by atoms with Crippen LogP contribution in [-0.2, 0) is 11.9 Å². The molecule has 0 amide bonds. The van der Waals surface area contributed by atoms with Gasteiger partial charge in [0.2, 0.25) is 0 Å². The van der Waals surface area contributed by atoms with Crippen molar-refractivity contribution < 1.29 is 9.94 Å². The Morgan fingerprint density at radius 3 is 2.69 bits per heavy atom. The van der Waals surface area contributed by atoms with Gasteiger partial charge in [-0.25, -0.2) is 0 Å². The fraction of sp³-hybridized carbons (Fsp3) is 0.143. The molecular formula is C21H18N2O3. The summed E-state index contributed by atoms with van der Waals surface area (Å²) < 4.78 is 1.53. The van der Waals surface area contributed by atoms with Crippen LogP contribution in [0.2, 0.25) is 0 Å². The molecule has 0 aliphatic carbocycles. The van der Waals surface area contributed by atoms with E-state index in [-0.39, 0.29) is 23.0 Å². The van der Waals surface area contributed by atoms with Crippen LogP contribution >= 0.6 is 0 Å². The molecule has 0 fully saturated rings. The van der Waals surface area contributed by atoms with Gasteiger partial charge in [-0.3, -0.25) is 4.79 Å². The van der Waals surface area contributed by atoms with E-state index in [4.69, 9.17) is 4.84 Å². The van der Waals surface area contributed by atoms with Gasteiger partial charge in [0.1, 0.15) is 17.0 Å². The standard InChI is InChI=1S/C21H18N2O3/c1-23-18-10-6-5-9-16(18)20(24)19(21(23)25)17-13-15(26-22-17)12-11-14-7-3-2-4-8-14/h2-12,15,24H,13H2,1H3/b12-11+/t15-/m0/s1. The number of hydrogen-bond acceptors (Lipinski definition) is 4. The van der Waals surface area contributed by atoms with Crippen molar-refractivity contribution in [2.45, 2.75) is 12.5 Å². The van der Waals surface area contributed by atoms with E-state index in [0.29, 0.717) is 23.0 Å². The van der Waals surface area contributed by atoms with Crippen molar-refractivity contribution in [1.82, 2.24) is 4.57 Å². The molecule has 3 aromatic rings. The Balaban J connectivity index is 1.65. The van der Waals surface area contributed by atoms with Crippen LogP contribution in [0, 0.1) is 0 Å². The van der Waals surface area contributed by atoms with Gasteiger partial charge < -0.3 is 14.5 Å². The lowest BCUT2D eigenvalue weighted by Gasteiger charge is -2.11. The van der Waals surface area contributed by atoms with Crippen LogP contribution in [0.3, 0.4) is 0 Å². The van der Waals surface area contributed by atoms with Gasteiger partial charge in [-0.2, -0.15) is 0 Å². The average Bonchev–Trinajstić information content (AvgIpc) is 3.14. The molecule has 26 heavy (non-hydrogen) atoms. The van der Waals surface area contributed by atoms with Crippen LogP contribution < -0.4 is 5.56 Å². The number of oxime groups is 1. The summed E-state index contributed by atoms with van der Waals surface area (Å²) in [6.07, 6.45) is 4.04. The summed E-state index contributed by atoms with van der Waals surface area (Å²) >= 11 is 0. The van der Waals surface area contributed by atoms with E-state index in [0.717, 1.165) is 5.56 Å². The van der Waals surface area contributed by atoms with Gasteiger partial charge in [-0.1, -0.05) is 53.7 Å². The average molecular weight is 346 g/mol. The van der Waals surface area contributed by atoms with Crippen LogP contribution in [0.1, 0.15) is 17.5 Å². The van der Waals surface area contributed by atoms with E-state index in [9.17, 15) is 9.90 Å². The SMILES string of the molecule is Cn1c(=O)c(C2=NO[C@@H](/C=C/c3ccccc3)C2)c(O)c2ccccc21. The topological polar surface area (TPSA) is 63.8 Å². The quantitative estimate of drug-likeness (QED) is 0.790. The Bertz CT molecular complexity index is 1080. The number of aromatic nitrogens is 1. The number of hydrogen-bond donors (Lipinski definition) is 1. The van der Waals surface area contributed by atoms with E-state index < -0.39 is 0 Å². The summed E-state index contributed by atoms with van der Waals surface area (Å²) in [5.74, 6) is -0.0428. The van der Waals surface area contributed by atoms with Crippen molar-refractivity contribution in [2.24, 2.45) is 12.2 Å². The molecule has 0 bridgehead atoms. The zero-order chi connectivity index (χ0) is 18.1. The highest BCUT2D eigenvalue weighted by atomic mass is 16.6. The summed E-state index contributed by atoms with van der Waals surface area (Å²) in [5.41, 5.74) is 2.14. The molecule has 2 heterocycles. The largest absolute Gasteiger partial charge is 0.506 e. The summed E-state index contributed by atoms with van der Waals surface area (Å²) in [7, 11) is 1.69. The monoisotopic (exact) mass is 346 g/mol. The van der Waals surface area contributed by atoms with Gasteiger partial charge in [-0.05, 0) is 23.8 Å². The molecule has 0 radical (unpaired) electrons. The minimum absolute atomic E-state index is 0.0428. The van der Waals surface area contributed by atoms with Crippen molar-refractivity contribution in [1.29, 1.82) is 0 Å². The maximum atomic E-state index is 12.7. The number of fused-ring (bicyclic) bond motifs is 1. The Kier molecular flexibility index (Phi) is 4.05. The lowest BCUT2D eigenvalue weighted by atomic mass is 10.0. The van der Waals surface area contributed by atoms with Crippen molar-refractivity contribution >= 4 is 22.7 Å². The molecule has 1 atom stereocenters. The van der Waals surface area contributed by atoms with Crippen LogP contribution in [0.15, 0.2) is 70.6 Å². The molecule has 2 aromatic carbocycles. The summed E-state index contributed by atoms with van der Waals surface area (Å²) in [5, 5.41) is 15.3. The van der Waals surface area contributed by atoms with Crippen molar-refractivity contribution in [2.75, 3.05) is 0 Å². The van der Waals surface area contributed by atoms with Crippen molar-refractivity contribution in [3.05, 3.63) is 82.2 Å². The van der Waals surface area contributed by atoms with Gasteiger partial charge in [-0.15, -0.1) is 0 Å². The second kappa shape index (κ2) is 6.52. The fourth-order valence-corrected chi connectivity index (χ4v) is 3.17.